The Labute approximate surface area is 114 Å². The summed E-state index contributed by atoms with van der Waals surface area (Å²) in [5, 5.41) is 22.3. The molecular formula is C11H16N6O3. The van der Waals surface area contributed by atoms with Crippen LogP contribution in [0.3, 0.4) is 0 Å². The van der Waals surface area contributed by atoms with Gasteiger partial charge in [-0.15, -0.1) is 0 Å². The number of aromatic nitrogens is 4. The van der Waals surface area contributed by atoms with E-state index in [1.165, 1.54) is 12.7 Å². The van der Waals surface area contributed by atoms with Crippen molar-refractivity contribution in [2.45, 2.75) is 24.5 Å². The quantitative estimate of drug-likeness (QED) is 0.520. The maximum absolute atomic E-state index is 10.1. The van der Waals surface area contributed by atoms with Crippen molar-refractivity contribution in [1.29, 1.82) is 0 Å². The number of anilines is 1. The predicted molar refractivity (Wildman–Crippen MR) is 69.6 cm³/mol. The standard InChI is InChI=1S/C11H16N6O3/c1-13-6-8(19)5(2-18)20-11(6)17-4-16-7-9(12)14-3-15-10(7)17/h3-6,8,11,13,18-19H,2H2,1H3,(H2,12,14,15)/t5-,6-,8-,11-/m1/s1. The van der Waals surface area contributed by atoms with Crippen LogP contribution in [0.25, 0.3) is 11.2 Å². The first-order chi connectivity index (χ1) is 9.67. The van der Waals surface area contributed by atoms with Gasteiger partial charge in [-0.2, -0.15) is 0 Å². The van der Waals surface area contributed by atoms with Gasteiger partial charge >= 0.3 is 0 Å². The average molecular weight is 280 g/mol. The fraction of sp³-hybridized carbons (Fsp3) is 0.545. The van der Waals surface area contributed by atoms with E-state index in [2.05, 4.69) is 20.3 Å². The SMILES string of the molecule is CN[C@@H]1[C@H](O)[C@@H](CO)O[C@H]1n1cnc2c(N)ncnc21. The number of nitrogens with one attached hydrogen (secondary N) is 1. The number of rotatable bonds is 3. The normalized spacial score (nSPS) is 30.1. The monoisotopic (exact) mass is 280 g/mol. The van der Waals surface area contributed by atoms with Gasteiger partial charge in [0, 0.05) is 0 Å². The second kappa shape index (κ2) is 4.94. The van der Waals surface area contributed by atoms with E-state index in [1.54, 1.807) is 11.6 Å². The molecule has 108 valence electrons. The van der Waals surface area contributed by atoms with Crippen molar-refractivity contribution >= 4 is 17.0 Å². The molecule has 9 heteroatoms. The first-order valence-electron chi connectivity index (χ1n) is 6.22. The smallest absolute Gasteiger partial charge is 0.167 e. The first-order valence-corrected chi connectivity index (χ1v) is 6.22. The summed E-state index contributed by atoms with van der Waals surface area (Å²) in [6, 6.07) is -0.388. The van der Waals surface area contributed by atoms with Crippen LogP contribution in [-0.2, 0) is 4.74 Å². The average Bonchev–Trinajstić information content (AvgIpc) is 3.00. The van der Waals surface area contributed by atoms with Crippen molar-refractivity contribution in [2.75, 3.05) is 19.4 Å². The van der Waals surface area contributed by atoms with E-state index in [4.69, 9.17) is 10.5 Å². The molecule has 1 aliphatic heterocycles. The molecule has 0 aliphatic carbocycles. The highest BCUT2D eigenvalue weighted by molar-refractivity contribution is 5.81. The van der Waals surface area contributed by atoms with E-state index in [-0.39, 0.29) is 18.5 Å². The molecule has 9 nitrogen and oxygen atoms in total. The summed E-state index contributed by atoms with van der Waals surface area (Å²) in [5.74, 6) is 0.284. The number of nitrogens with zero attached hydrogens (tertiary/aromatic N) is 4. The van der Waals surface area contributed by atoms with Crippen LogP contribution in [0.2, 0.25) is 0 Å². The fourth-order valence-electron chi connectivity index (χ4n) is 2.50. The molecule has 20 heavy (non-hydrogen) atoms. The number of hydrogen-bond acceptors (Lipinski definition) is 8. The largest absolute Gasteiger partial charge is 0.394 e. The van der Waals surface area contributed by atoms with Crippen LogP contribution in [0.5, 0.6) is 0 Å². The van der Waals surface area contributed by atoms with Gasteiger partial charge in [0.05, 0.1) is 19.0 Å². The molecule has 0 unspecified atom stereocenters. The molecule has 2 aromatic rings. The van der Waals surface area contributed by atoms with Crippen LogP contribution >= 0.6 is 0 Å². The van der Waals surface area contributed by atoms with Gasteiger partial charge in [0.25, 0.3) is 0 Å². The van der Waals surface area contributed by atoms with Crippen LogP contribution in [0, 0.1) is 0 Å². The summed E-state index contributed by atoms with van der Waals surface area (Å²) in [7, 11) is 1.71. The number of likely N-dealkylation sites (N-methyl/N-ethyl adjacent to an activating group) is 1. The third kappa shape index (κ3) is 1.83. The highest BCUT2D eigenvalue weighted by Crippen LogP contribution is 2.31. The van der Waals surface area contributed by atoms with Gasteiger partial charge in [0.2, 0.25) is 0 Å². The van der Waals surface area contributed by atoms with Gasteiger partial charge in [-0.3, -0.25) is 4.57 Å². The zero-order valence-electron chi connectivity index (χ0n) is 10.8. The minimum absolute atomic E-state index is 0.264. The van der Waals surface area contributed by atoms with Crippen LogP contribution in [-0.4, -0.2) is 61.6 Å². The van der Waals surface area contributed by atoms with Gasteiger partial charge in [0.1, 0.15) is 24.1 Å². The third-order valence-corrected chi connectivity index (χ3v) is 3.54. The van der Waals surface area contributed by atoms with Gasteiger partial charge in [0.15, 0.2) is 17.7 Å². The number of imidazole rings is 1. The van der Waals surface area contributed by atoms with Crippen molar-refractivity contribution in [2.24, 2.45) is 0 Å². The van der Waals surface area contributed by atoms with E-state index in [9.17, 15) is 10.2 Å². The lowest BCUT2D eigenvalue weighted by Crippen LogP contribution is -2.42. The number of fused-ring (bicyclic) bond motifs is 1. The molecular weight excluding hydrogens is 264 g/mol. The van der Waals surface area contributed by atoms with E-state index in [0.717, 1.165) is 0 Å². The number of ether oxygens (including phenoxy) is 1. The van der Waals surface area contributed by atoms with Crippen molar-refractivity contribution in [3.63, 3.8) is 0 Å². The highest BCUT2D eigenvalue weighted by atomic mass is 16.5. The lowest BCUT2D eigenvalue weighted by Gasteiger charge is -2.20. The van der Waals surface area contributed by atoms with Crippen LogP contribution < -0.4 is 11.1 Å². The summed E-state index contributed by atoms with van der Waals surface area (Å²) in [5.41, 5.74) is 6.74. The van der Waals surface area contributed by atoms with Gasteiger partial charge < -0.3 is 26.0 Å². The zero-order valence-corrected chi connectivity index (χ0v) is 10.8. The van der Waals surface area contributed by atoms with Crippen LogP contribution in [0.15, 0.2) is 12.7 Å². The molecule has 2 aromatic heterocycles. The molecule has 0 spiro atoms. The molecule has 0 amide bonds. The third-order valence-electron chi connectivity index (χ3n) is 3.54. The van der Waals surface area contributed by atoms with Crippen LogP contribution in [0.4, 0.5) is 5.82 Å². The maximum atomic E-state index is 10.1. The topological polar surface area (TPSA) is 131 Å². The molecule has 0 saturated carbocycles. The van der Waals surface area contributed by atoms with Gasteiger partial charge in [-0.05, 0) is 7.05 Å². The Kier molecular flexibility index (Phi) is 3.26. The number of aliphatic hydroxyl groups is 2. The van der Waals surface area contributed by atoms with Crippen molar-refractivity contribution in [3.05, 3.63) is 12.7 Å². The molecule has 3 rings (SSSR count). The zero-order chi connectivity index (χ0) is 14.3. The molecule has 0 radical (unpaired) electrons. The molecule has 1 fully saturated rings. The van der Waals surface area contributed by atoms with E-state index in [1.807, 2.05) is 0 Å². The molecule has 0 aromatic carbocycles. The molecule has 3 heterocycles. The number of nitrogens with two attached hydrogens (primary N) is 1. The van der Waals surface area contributed by atoms with E-state index < -0.39 is 18.4 Å². The highest BCUT2D eigenvalue weighted by Gasteiger charge is 2.44. The minimum Gasteiger partial charge on any atom is -0.394 e. The Morgan fingerprint density at radius 2 is 2.25 bits per heavy atom. The van der Waals surface area contributed by atoms with Gasteiger partial charge in [-0.1, -0.05) is 0 Å². The number of nitrogen functional groups attached to an aromatic ring is 1. The summed E-state index contributed by atoms with van der Waals surface area (Å²) in [6.07, 6.45) is 0.864. The summed E-state index contributed by atoms with van der Waals surface area (Å²) in [4.78, 5) is 12.2. The Bertz CT molecular complexity index is 617. The molecule has 4 atom stereocenters. The molecule has 1 saturated heterocycles. The van der Waals surface area contributed by atoms with Crippen LogP contribution in [0.1, 0.15) is 6.23 Å². The summed E-state index contributed by atoms with van der Waals surface area (Å²) < 4.78 is 7.35. The van der Waals surface area contributed by atoms with Gasteiger partial charge in [-0.25, -0.2) is 15.0 Å². The van der Waals surface area contributed by atoms with Crippen molar-refractivity contribution < 1.29 is 14.9 Å². The maximum Gasteiger partial charge on any atom is 0.167 e. The molecule has 5 N–H and O–H groups in total. The van der Waals surface area contributed by atoms with E-state index >= 15 is 0 Å². The predicted octanol–water partition coefficient (Wildman–Crippen LogP) is -1.75. The Balaban J connectivity index is 2.04. The Morgan fingerprint density at radius 1 is 1.45 bits per heavy atom. The molecule has 0 bridgehead atoms. The molecule has 1 aliphatic rings. The summed E-state index contributed by atoms with van der Waals surface area (Å²) >= 11 is 0. The minimum atomic E-state index is -0.827. The Morgan fingerprint density at radius 3 is 2.95 bits per heavy atom. The second-order valence-electron chi connectivity index (χ2n) is 4.64. The van der Waals surface area contributed by atoms with Crippen molar-refractivity contribution in [3.8, 4) is 0 Å². The number of hydrogen-bond donors (Lipinski definition) is 4. The lowest BCUT2D eigenvalue weighted by atomic mass is 10.1. The number of aliphatic hydroxyl groups excluding tert-OH is 2. The van der Waals surface area contributed by atoms with Crippen molar-refractivity contribution in [1.82, 2.24) is 24.8 Å². The lowest BCUT2D eigenvalue weighted by molar-refractivity contribution is -0.0440. The van der Waals surface area contributed by atoms with E-state index in [0.29, 0.717) is 11.2 Å². The first kappa shape index (κ1) is 13.2. The second-order valence-corrected chi connectivity index (χ2v) is 4.64. The fourth-order valence-corrected chi connectivity index (χ4v) is 2.50. The Hall–Kier alpha value is -1.81. The summed E-state index contributed by atoms with van der Waals surface area (Å²) in [6.45, 7) is -0.264.